The minimum atomic E-state index is -0.455. The van der Waals surface area contributed by atoms with Gasteiger partial charge in [-0.1, -0.05) is 42.8 Å². The van der Waals surface area contributed by atoms with Crippen molar-refractivity contribution in [2.24, 2.45) is 22.7 Å². The van der Waals surface area contributed by atoms with Crippen molar-refractivity contribution in [2.75, 3.05) is 10.6 Å². The Balaban J connectivity index is 1.41. The van der Waals surface area contributed by atoms with E-state index in [2.05, 4.69) is 26.6 Å². The average molecular weight is 447 g/mol. The van der Waals surface area contributed by atoms with Crippen LogP contribution in [0.4, 0.5) is 11.4 Å². The quantitative estimate of drug-likeness (QED) is 0.579. The molecule has 0 saturated heterocycles. The molecular weight excluding hydrogens is 416 g/mol. The molecule has 0 aliphatic heterocycles. The molecule has 152 valence electrons. The maximum absolute atomic E-state index is 12.9. The molecule has 28 heavy (non-hydrogen) atoms. The van der Waals surface area contributed by atoms with Crippen molar-refractivity contribution in [3.05, 3.63) is 24.3 Å². The summed E-state index contributed by atoms with van der Waals surface area (Å²) in [5.74, 6) is 1.62. The van der Waals surface area contributed by atoms with Crippen LogP contribution < -0.4 is 10.6 Å². The van der Waals surface area contributed by atoms with Crippen molar-refractivity contribution in [3.63, 3.8) is 0 Å². The third-order valence-electron chi connectivity index (χ3n) is 6.73. The zero-order valence-corrected chi connectivity index (χ0v) is 18.7. The molecule has 1 aromatic rings. The van der Waals surface area contributed by atoms with Gasteiger partial charge < -0.3 is 10.6 Å². The summed E-state index contributed by atoms with van der Waals surface area (Å²) in [6.07, 6.45) is 8.04. The number of amides is 2. The Bertz CT molecular complexity index is 784. The highest BCUT2D eigenvalue weighted by atomic mass is 79.9. The van der Waals surface area contributed by atoms with E-state index in [1.165, 1.54) is 32.1 Å². The minimum Gasteiger partial charge on any atom is -0.326 e. The average Bonchev–Trinajstić information content (AvgIpc) is 2.50. The number of benzene rings is 1. The van der Waals surface area contributed by atoms with Crippen molar-refractivity contribution in [3.8, 4) is 0 Å². The summed E-state index contributed by atoms with van der Waals surface area (Å²) in [6.45, 7) is 5.65. The second kappa shape index (κ2) is 6.86. The molecule has 5 rings (SSSR count). The molecular formula is C23H31BrN2O2. The molecule has 4 fully saturated rings. The second-order valence-corrected chi connectivity index (χ2v) is 12.3. The van der Waals surface area contributed by atoms with Gasteiger partial charge in [0.15, 0.2) is 0 Å². The van der Waals surface area contributed by atoms with Gasteiger partial charge in [-0.3, -0.25) is 9.59 Å². The van der Waals surface area contributed by atoms with Crippen molar-refractivity contribution in [1.82, 2.24) is 0 Å². The topological polar surface area (TPSA) is 58.2 Å². The first kappa shape index (κ1) is 19.9. The number of hydrogen-bond acceptors (Lipinski definition) is 2. The van der Waals surface area contributed by atoms with Gasteiger partial charge in [0.25, 0.3) is 0 Å². The molecule has 2 N–H and O–H groups in total. The fourth-order valence-corrected chi connectivity index (χ4v) is 7.59. The van der Waals surface area contributed by atoms with Crippen LogP contribution in [0.1, 0.15) is 65.7 Å². The van der Waals surface area contributed by atoms with E-state index in [0.717, 1.165) is 23.9 Å². The lowest BCUT2D eigenvalue weighted by Crippen LogP contribution is -2.53. The van der Waals surface area contributed by atoms with Gasteiger partial charge in [-0.15, -0.1) is 0 Å². The van der Waals surface area contributed by atoms with E-state index in [9.17, 15) is 9.59 Å². The monoisotopic (exact) mass is 446 g/mol. The molecule has 4 aliphatic rings. The summed E-state index contributed by atoms with van der Waals surface area (Å²) in [5, 5.41) is 6.01. The predicted octanol–water partition coefficient (Wildman–Crippen LogP) is 5.73. The van der Waals surface area contributed by atoms with E-state index in [4.69, 9.17) is 0 Å². The Morgan fingerprint density at radius 1 is 1.07 bits per heavy atom. The molecule has 4 aliphatic carbocycles. The lowest BCUT2D eigenvalue weighted by Gasteiger charge is -2.60. The number of carbonyl (C=O) groups is 2. The second-order valence-electron chi connectivity index (χ2n) is 10.6. The lowest BCUT2D eigenvalue weighted by atomic mass is 9.48. The third-order valence-corrected chi connectivity index (χ3v) is 7.66. The number of carbonyl (C=O) groups excluding carboxylic acids is 2. The Kier molecular flexibility index (Phi) is 4.88. The zero-order valence-electron chi connectivity index (χ0n) is 17.1. The van der Waals surface area contributed by atoms with Gasteiger partial charge in [0.05, 0.1) is 0 Å². The van der Waals surface area contributed by atoms with Crippen LogP contribution in [0.3, 0.4) is 0 Å². The SMILES string of the molecule is CC(C)(C)C(=O)Nc1cccc(NC(=O)CC23CC4CC(CC(Br)(C4)C2)C3)c1. The maximum atomic E-state index is 12.9. The molecule has 0 heterocycles. The standard InChI is InChI=1S/C23H31BrN2O2/c1-21(2,3)20(28)26-18-6-4-5-17(8-18)25-19(27)13-22-9-15-7-16(10-22)12-23(24,11-15)14-22/h4-6,8,15-16H,7,9-14H2,1-3H3,(H,25,27)(H,26,28). The summed E-state index contributed by atoms with van der Waals surface area (Å²) in [5.41, 5.74) is 1.17. The van der Waals surface area contributed by atoms with Gasteiger partial charge >= 0.3 is 0 Å². The van der Waals surface area contributed by atoms with Crippen LogP contribution in [-0.4, -0.2) is 16.1 Å². The van der Waals surface area contributed by atoms with Crippen molar-refractivity contribution in [1.29, 1.82) is 0 Å². The Morgan fingerprint density at radius 3 is 2.25 bits per heavy atom. The van der Waals surface area contributed by atoms with E-state index >= 15 is 0 Å². The van der Waals surface area contributed by atoms with Gasteiger partial charge in [0, 0.05) is 27.5 Å². The molecule has 2 amide bonds. The van der Waals surface area contributed by atoms with Crippen LogP contribution in [0, 0.1) is 22.7 Å². The summed E-state index contributed by atoms with van der Waals surface area (Å²) < 4.78 is 0.272. The largest absolute Gasteiger partial charge is 0.326 e. The third kappa shape index (κ3) is 4.14. The zero-order chi connectivity index (χ0) is 20.2. The lowest BCUT2D eigenvalue weighted by molar-refractivity contribution is -0.123. The fourth-order valence-electron chi connectivity index (χ4n) is 6.08. The van der Waals surface area contributed by atoms with Crippen molar-refractivity contribution < 1.29 is 9.59 Å². The normalized spacial score (nSPS) is 33.6. The predicted molar refractivity (Wildman–Crippen MR) is 117 cm³/mol. The molecule has 5 heteroatoms. The molecule has 0 aromatic heterocycles. The van der Waals surface area contributed by atoms with Crippen LogP contribution in [0.25, 0.3) is 0 Å². The van der Waals surface area contributed by atoms with Gasteiger partial charge in [-0.05, 0) is 74.0 Å². The van der Waals surface area contributed by atoms with Crippen LogP contribution in [0.15, 0.2) is 24.3 Å². The molecule has 0 radical (unpaired) electrons. The highest BCUT2D eigenvalue weighted by Crippen LogP contribution is 2.65. The van der Waals surface area contributed by atoms with E-state index in [-0.39, 0.29) is 21.6 Å². The Hall–Kier alpha value is -1.36. The number of hydrogen-bond donors (Lipinski definition) is 2. The number of anilines is 2. The van der Waals surface area contributed by atoms with Crippen molar-refractivity contribution in [2.45, 2.75) is 70.0 Å². The first-order chi connectivity index (χ1) is 13.0. The summed E-state index contributed by atoms with van der Waals surface area (Å²) in [4.78, 5) is 25.1. The number of alkyl halides is 1. The molecule has 4 nitrogen and oxygen atoms in total. The van der Waals surface area contributed by atoms with Crippen LogP contribution in [-0.2, 0) is 9.59 Å². The first-order valence-electron chi connectivity index (χ1n) is 10.4. The van der Waals surface area contributed by atoms with E-state index in [1.54, 1.807) is 0 Å². The molecule has 4 saturated carbocycles. The molecule has 4 bridgehead atoms. The van der Waals surface area contributed by atoms with Gasteiger partial charge in [0.1, 0.15) is 0 Å². The summed E-state index contributed by atoms with van der Waals surface area (Å²) in [7, 11) is 0. The van der Waals surface area contributed by atoms with Gasteiger partial charge in [-0.25, -0.2) is 0 Å². The highest BCUT2D eigenvalue weighted by Gasteiger charge is 2.57. The van der Waals surface area contributed by atoms with Gasteiger partial charge in [0.2, 0.25) is 11.8 Å². The van der Waals surface area contributed by atoms with Crippen molar-refractivity contribution >= 4 is 39.1 Å². The molecule has 2 unspecified atom stereocenters. The fraction of sp³-hybridized carbons (Fsp3) is 0.652. The number of nitrogens with one attached hydrogen (secondary N) is 2. The molecule has 0 spiro atoms. The maximum Gasteiger partial charge on any atom is 0.229 e. The Labute approximate surface area is 176 Å². The number of rotatable bonds is 4. The smallest absolute Gasteiger partial charge is 0.229 e. The van der Waals surface area contributed by atoms with Crippen LogP contribution in [0.2, 0.25) is 0 Å². The molecule has 1 aromatic carbocycles. The van der Waals surface area contributed by atoms with Crippen LogP contribution >= 0.6 is 15.9 Å². The molecule has 2 atom stereocenters. The van der Waals surface area contributed by atoms with Gasteiger partial charge in [-0.2, -0.15) is 0 Å². The number of halogens is 1. The first-order valence-corrected chi connectivity index (χ1v) is 11.2. The van der Waals surface area contributed by atoms with Crippen LogP contribution in [0.5, 0.6) is 0 Å². The van der Waals surface area contributed by atoms with E-state index in [0.29, 0.717) is 12.1 Å². The minimum absolute atomic E-state index is 0.0350. The summed E-state index contributed by atoms with van der Waals surface area (Å²) >= 11 is 4.03. The van der Waals surface area contributed by atoms with E-state index < -0.39 is 5.41 Å². The highest BCUT2D eigenvalue weighted by molar-refractivity contribution is 9.10. The summed E-state index contributed by atoms with van der Waals surface area (Å²) in [6, 6.07) is 7.45. The Morgan fingerprint density at radius 2 is 1.68 bits per heavy atom. The van der Waals surface area contributed by atoms with E-state index in [1.807, 2.05) is 45.0 Å².